The molecule has 1 saturated heterocycles. The number of hydrogen-bond donors (Lipinski definition) is 1. The molecule has 0 spiro atoms. The highest BCUT2D eigenvalue weighted by Crippen LogP contribution is 2.42. The van der Waals surface area contributed by atoms with Gasteiger partial charge in [-0.1, -0.05) is 0 Å². The monoisotopic (exact) mass is 439 g/mol. The second kappa shape index (κ2) is 7.77. The molecule has 5 rings (SSSR count). The summed E-state index contributed by atoms with van der Waals surface area (Å²) in [5.74, 6) is -0.863. The molecule has 1 N–H and O–H groups in total. The summed E-state index contributed by atoms with van der Waals surface area (Å²) in [6.07, 6.45) is 7.08. The Kier molecular flexibility index (Phi) is 4.91. The average Bonchev–Trinajstić information content (AvgIpc) is 3.04. The number of rotatable bonds is 3. The Bertz CT molecular complexity index is 1260. The van der Waals surface area contributed by atoms with Crippen LogP contribution in [-0.4, -0.2) is 58.4 Å². The third kappa shape index (κ3) is 3.22. The quantitative estimate of drug-likeness (QED) is 0.664. The van der Waals surface area contributed by atoms with Crippen molar-refractivity contribution in [3.63, 3.8) is 0 Å². The number of pyridine rings is 1. The van der Waals surface area contributed by atoms with Crippen LogP contribution in [0.4, 0.5) is 15.9 Å². The van der Waals surface area contributed by atoms with Gasteiger partial charge in [0.1, 0.15) is 23.7 Å². The van der Waals surface area contributed by atoms with Crippen LogP contribution in [0.15, 0.2) is 35.6 Å². The lowest BCUT2D eigenvalue weighted by molar-refractivity contribution is 0.0694. The normalized spacial score (nSPS) is 18.4. The summed E-state index contributed by atoms with van der Waals surface area (Å²) in [5, 5.41) is 9.45. The summed E-state index contributed by atoms with van der Waals surface area (Å²) in [5.41, 5.74) is -0.344. The van der Waals surface area contributed by atoms with Crippen molar-refractivity contribution in [1.29, 1.82) is 0 Å². The molecule has 2 aliphatic heterocycles. The Morgan fingerprint density at radius 1 is 1.22 bits per heavy atom. The smallest absolute Gasteiger partial charge is 0.341 e. The van der Waals surface area contributed by atoms with Gasteiger partial charge in [0.05, 0.1) is 23.1 Å². The number of anilines is 2. The third-order valence-electron chi connectivity index (χ3n) is 6.06. The van der Waals surface area contributed by atoms with Crippen LogP contribution in [0, 0.1) is 5.82 Å². The van der Waals surface area contributed by atoms with Crippen LogP contribution in [0.25, 0.3) is 10.9 Å². The Balaban J connectivity index is 1.60. The maximum absolute atomic E-state index is 15.4. The third-order valence-corrected chi connectivity index (χ3v) is 6.06. The Labute approximate surface area is 182 Å². The highest BCUT2D eigenvalue weighted by atomic mass is 19.1. The molecule has 1 fully saturated rings. The lowest BCUT2D eigenvalue weighted by atomic mass is 10.1. The molecule has 166 valence electrons. The minimum atomic E-state index is -1.33. The minimum Gasteiger partial charge on any atom is -0.487 e. The van der Waals surface area contributed by atoms with E-state index >= 15 is 4.39 Å². The maximum atomic E-state index is 15.4. The topological polar surface area (TPSA) is 101 Å². The van der Waals surface area contributed by atoms with E-state index in [2.05, 4.69) is 14.9 Å². The molecule has 0 amide bonds. The van der Waals surface area contributed by atoms with Gasteiger partial charge in [-0.2, -0.15) is 0 Å². The summed E-state index contributed by atoms with van der Waals surface area (Å²) in [6.45, 7) is 4.62. The fourth-order valence-corrected chi connectivity index (χ4v) is 4.48. The van der Waals surface area contributed by atoms with Gasteiger partial charge >= 0.3 is 5.97 Å². The molecule has 4 heterocycles. The molecule has 10 heteroatoms. The molecular formula is C22H22FN5O4. The van der Waals surface area contributed by atoms with Gasteiger partial charge < -0.3 is 24.2 Å². The number of aromatic nitrogens is 3. The number of nitrogens with zero attached hydrogens (tertiary/aromatic N) is 5. The number of halogens is 1. The Morgan fingerprint density at radius 2 is 2.00 bits per heavy atom. The lowest BCUT2D eigenvalue weighted by Crippen LogP contribution is -2.33. The van der Waals surface area contributed by atoms with Crippen LogP contribution < -0.4 is 20.0 Å². The molecule has 0 radical (unpaired) electrons. The first-order chi connectivity index (χ1) is 15.5. The predicted molar refractivity (Wildman–Crippen MR) is 116 cm³/mol. The number of ether oxygens (including phenoxy) is 1. The van der Waals surface area contributed by atoms with Gasteiger partial charge in [-0.05, 0) is 19.4 Å². The van der Waals surface area contributed by atoms with Crippen LogP contribution in [0.2, 0.25) is 0 Å². The van der Waals surface area contributed by atoms with Crippen LogP contribution >= 0.6 is 0 Å². The van der Waals surface area contributed by atoms with Crippen LogP contribution in [0.3, 0.4) is 0 Å². The number of carbonyl (C=O) groups is 1. The first kappa shape index (κ1) is 20.2. The van der Waals surface area contributed by atoms with Crippen molar-refractivity contribution in [3.8, 4) is 5.75 Å². The molecule has 0 aliphatic carbocycles. The first-order valence-corrected chi connectivity index (χ1v) is 10.5. The fourth-order valence-electron chi connectivity index (χ4n) is 4.48. The number of carboxylic acids is 1. The van der Waals surface area contributed by atoms with E-state index in [-0.39, 0.29) is 23.6 Å². The molecule has 9 nitrogen and oxygen atoms in total. The molecule has 2 aromatic heterocycles. The number of aromatic carboxylic acids is 1. The molecule has 1 atom stereocenters. The van der Waals surface area contributed by atoms with Gasteiger partial charge in [-0.15, -0.1) is 0 Å². The van der Waals surface area contributed by atoms with Crippen molar-refractivity contribution in [2.75, 3.05) is 42.6 Å². The van der Waals surface area contributed by atoms with Gasteiger partial charge in [-0.3, -0.25) is 9.78 Å². The first-order valence-electron chi connectivity index (χ1n) is 10.5. The fraction of sp³-hybridized carbons (Fsp3) is 0.364. The molecule has 2 aliphatic rings. The summed E-state index contributed by atoms with van der Waals surface area (Å²) in [4.78, 5) is 36.8. The van der Waals surface area contributed by atoms with E-state index in [1.807, 2.05) is 11.8 Å². The van der Waals surface area contributed by atoms with Gasteiger partial charge in [0.2, 0.25) is 5.43 Å². The second-order valence-corrected chi connectivity index (χ2v) is 8.07. The molecule has 1 aromatic carbocycles. The standard InChI is InChI=1S/C22H22FN5O4/c1-13-12-32-21-18-14(20(29)15(22(30)31)11-28(13)18)9-16(23)19(21)27-6-2-5-26(7-8-27)17-10-24-3-4-25-17/h3-4,9-11,13H,2,5-8,12H2,1H3,(H,30,31)/t13-/m0/s1. The minimum absolute atomic E-state index is 0.0173. The Hall–Kier alpha value is -3.69. The molecule has 3 aromatic rings. The van der Waals surface area contributed by atoms with E-state index in [0.717, 1.165) is 24.8 Å². The summed E-state index contributed by atoms with van der Waals surface area (Å²) >= 11 is 0. The average molecular weight is 439 g/mol. The Morgan fingerprint density at radius 3 is 2.75 bits per heavy atom. The molecule has 0 unspecified atom stereocenters. The highest BCUT2D eigenvalue weighted by molar-refractivity contribution is 5.97. The molecular weight excluding hydrogens is 417 g/mol. The predicted octanol–water partition coefficient (Wildman–Crippen LogP) is 2.30. The van der Waals surface area contributed by atoms with Crippen LogP contribution in [-0.2, 0) is 0 Å². The van der Waals surface area contributed by atoms with Crippen molar-refractivity contribution >= 4 is 28.4 Å². The number of carboxylic acid groups (broad SMARTS) is 1. The van der Waals surface area contributed by atoms with E-state index in [0.29, 0.717) is 36.6 Å². The zero-order chi connectivity index (χ0) is 22.4. The van der Waals surface area contributed by atoms with Gasteiger partial charge in [-0.25, -0.2) is 14.2 Å². The SMILES string of the molecule is C[C@H]1COc2c(N3CCCN(c4cnccn4)CC3)c(F)cc3c(=O)c(C(=O)O)cn1c23. The zero-order valence-corrected chi connectivity index (χ0v) is 17.5. The van der Waals surface area contributed by atoms with E-state index in [4.69, 9.17) is 4.74 Å². The van der Waals surface area contributed by atoms with Gasteiger partial charge in [0.25, 0.3) is 0 Å². The van der Waals surface area contributed by atoms with E-state index in [9.17, 15) is 14.7 Å². The second-order valence-electron chi connectivity index (χ2n) is 8.07. The maximum Gasteiger partial charge on any atom is 0.341 e. The van der Waals surface area contributed by atoms with E-state index < -0.39 is 17.2 Å². The number of benzene rings is 1. The zero-order valence-electron chi connectivity index (χ0n) is 17.5. The van der Waals surface area contributed by atoms with Crippen LogP contribution in [0.1, 0.15) is 29.7 Å². The van der Waals surface area contributed by atoms with Crippen molar-refractivity contribution < 1.29 is 19.0 Å². The van der Waals surface area contributed by atoms with Gasteiger partial charge in [0.15, 0.2) is 11.6 Å². The van der Waals surface area contributed by atoms with Crippen molar-refractivity contribution in [2.24, 2.45) is 0 Å². The molecule has 0 bridgehead atoms. The molecule has 0 saturated carbocycles. The molecule has 32 heavy (non-hydrogen) atoms. The highest BCUT2D eigenvalue weighted by Gasteiger charge is 2.31. The van der Waals surface area contributed by atoms with Crippen molar-refractivity contribution in [2.45, 2.75) is 19.4 Å². The van der Waals surface area contributed by atoms with Gasteiger partial charge in [0, 0.05) is 44.8 Å². The van der Waals surface area contributed by atoms with Crippen molar-refractivity contribution in [3.05, 3.63) is 52.5 Å². The summed E-state index contributed by atoms with van der Waals surface area (Å²) in [7, 11) is 0. The van der Waals surface area contributed by atoms with Crippen LogP contribution in [0.5, 0.6) is 5.75 Å². The summed E-state index contributed by atoms with van der Waals surface area (Å²) in [6, 6.07) is 0.949. The number of hydrogen-bond acceptors (Lipinski definition) is 7. The largest absolute Gasteiger partial charge is 0.487 e. The van der Waals surface area contributed by atoms with Crippen molar-refractivity contribution in [1.82, 2.24) is 14.5 Å². The van der Waals surface area contributed by atoms with E-state index in [1.165, 1.54) is 6.20 Å². The lowest BCUT2D eigenvalue weighted by Gasteiger charge is -2.32. The van der Waals surface area contributed by atoms with E-state index in [1.54, 1.807) is 23.2 Å². The summed E-state index contributed by atoms with van der Waals surface area (Å²) < 4.78 is 23.1.